The van der Waals surface area contributed by atoms with Gasteiger partial charge in [0.25, 0.3) is 6.43 Å². The summed E-state index contributed by atoms with van der Waals surface area (Å²) in [5, 5.41) is 18.3. The average molecular weight is 267 g/mol. The Morgan fingerprint density at radius 1 is 1.65 bits per heavy atom. The summed E-state index contributed by atoms with van der Waals surface area (Å²) >= 11 is 5.39. The highest BCUT2D eigenvalue weighted by Crippen LogP contribution is 2.30. The first-order valence-corrected chi connectivity index (χ1v) is 4.54. The van der Waals surface area contributed by atoms with E-state index in [-0.39, 0.29) is 0 Å². The van der Waals surface area contributed by atoms with Crippen LogP contribution < -0.4 is 0 Å². The van der Waals surface area contributed by atoms with E-state index in [1.165, 1.54) is 0 Å². The first-order chi connectivity index (χ1) is 7.82. The van der Waals surface area contributed by atoms with Crippen LogP contribution in [0.4, 0.5) is 14.5 Å². The van der Waals surface area contributed by atoms with E-state index in [0.29, 0.717) is 6.07 Å². The van der Waals surface area contributed by atoms with Crippen molar-refractivity contribution in [2.24, 2.45) is 0 Å². The molecule has 17 heavy (non-hydrogen) atoms. The maximum Gasteiger partial charge on any atom is 0.309 e. The summed E-state index contributed by atoms with van der Waals surface area (Å²) in [5.74, 6) is -1.38. The number of halogens is 3. The molecule has 0 aliphatic heterocycles. The summed E-state index contributed by atoms with van der Waals surface area (Å²) in [4.78, 5) is 23.2. The van der Waals surface area contributed by atoms with Crippen molar-refractivity contribution in [3.8, 4) is 0 Å². The van der Waals surface area contributed by atoms with Gasteiger partial charge in [-0.3, -0.25) is 14.9 Å². The third-order valence-corrected chi connectivity index (χ3v) is 2.10. The van der Waals surface area contributed by atoms with E-state index in [1.54, 1.807) is 0 Å². The minimum Gasteiger partial charge on any atom is -0.481 e. The lowest BCUT2D eigenvalue weighted by Crippen LogP contribution is -2.08. The Bertz CT molecular complexity index is 481. The zero-order valence-electron chi connectivity index (χ0n) is 8.06. The molecule has 9 heteroatoms. The molecule has 1 rings (SSSR count). The van der Waals surface area contributed by atoms with E-state index in [0.717, 1.165) is 0 Å². The Kier molecular flexibility index (Phi) is 3.89. The number of pyridine rings is 1. The number of hydrogen-bond donors (Lipinski definition) is 1. The number of alkyl halides is 2. The van der Waals surface area contributed by atoms with Crippen LogP contribution in [0, 0.1) is 10.1 Å². The standard InChI is InChI=1S/C8H5ClF2N2O4/c9-7-5(13(16)17)1-3(8(10)11)4(12-7)2-6(14)15/h1,8H,2H2,(H,14,15). The molecule has 1 aromatic heterocycles. The van der Waals surface area contributed by atoms with Gasteiger partial charge in [0.05, 0.1) is 17.0 Å². The number of rotatable bonds is 4. The van der Waals surface area contributed by atoms with Crippen molar-refractivity contribution in [3.63, 3.8) is 0 Å². The SMILES string of the molecule is O=C(O)Cc1nc(Cl)c([N+](=O)[O-])cc1C(F)F. The summed E-state index contributed by atoms with van der Waals surface area (Å²) in [7, 11) is 0. The Labute approximate surface area is 98.0 Å². The molecule has 0 spiro atoms. The Balaban J connectivity index is 3.35. The molecule has 0 radical (unpaired) electrons. The van der Waals surface area contributed by atoms with Gasteiger partial charge in [0.2, 0.25) is 5.15 Å². The van der Waals surface area contributed by atoms with Crippen molar-refractivity contribution in [1.82, 2.24) is 4.98 Å². The van der Waals surface area contributed by atoms with Gasteiger partial charge in [-0.15, -0.1) is 0 Å². The van der Waals surface area contributed by atoms with Crippen LogP contribution in [0.15, 0.2) is 6.07 Å². The second-order valence-electron chi connectivity index (χ2n) is 2.96. The van der Waals surface area contributed by atoms with Crippen LogP contribution in [0.3, 0.4) is 0 Å². The summed E-state index contributed by atoms with van der Waals surface area (Å²) in [6, 6.07) is 0.540. The molecule has 1 N–H and O–H groups in total. The number of aromatic nitrogens is 1. The fourth-order valence-corrected chi connectivity index (χ4v) is 1.36. The summed E-state index contributed by atoms with van der Waals surface area (Å²) < 4.78 is 25.1. The van der Waals surface area contributed by atoms with Gasteiger partial charge in [0.1, 0.15) is 0 Å². The van der Waals surface area contributed by atoms with Gasteiger partial charge >= 0.3 is 11.7 Å². The summed E-state index contributed by atoms with van der Waals surface area (Å²) in [5.41, 5.74) is -2.07. The zero-order valence-corrected chi connectivity index (χ0v) is 8.82. The predicted octanol–water partition coefficient (Wildman–Crippen LogP) is 2.21. The van der Waals surface area contributed by atoms with Gasteiger partial charge in [-0.25, -0.2) is 13.8 Å². The molecular formula is C8H5ClF2N2O4. The van der Waals surface area contributed by atoms with Crippen LogP contribution in [0.2, 0.25) is 5.15 Å². The van der Waals surface area contributed by atoms with Gasteiger partial charge in [-0.05, 0) is 0 Å². The molecule has 0 bridgehead atoms. The number of nitro groups is 1. The molecule has 0 aromatic carbocycles. The summed E-state index contributed by atoms with van der Waals surface area (Å²) in [6.45, 7) is 0. The molecular weight excluding hydrogens is 262 g/mol. The number of aliphatic carboxylic acids is 1. The lowest BCUT2D eigenvalue weighted by Gasteiger charge is -2.06. The normalized spacial score (nSPS) is 10.6. The van der Waals surface area contributed by atoms with E-state index >= 15 is 0 Å². The fraction of sp³-hybridized carbons (Fsp3) is 0.250. The summed E-state index contributed by atoms with van der Waals surface area (Å²) in [6.07, 6.45) is -3.84. The Hall–Kier alpha value is -1.83. The molecule has 6 nitrogen and oxygen atoms in total. The molecule has 1 aromatic rings. The largest absolute Gasteiger partial charge is 0.481 e. The molecule has 0 saturated heterocycles. The third-order valence-electron chi connectivity index (χ3n) is 1.82. The number of nitrogens with zero attached hydrogens (tertiary/aromatic N) is 2. The molecule has 92 valence electrons. The van der Waals surface area contributed by atoms with Crippen molar-refractivity contribution in [2.75, 3.05) is 0 Å². The molecule has 0 aliphatic rings. The zero-order chi connectivity index (χ0) is 13.2. The van der Waals surface area contributed by atoms with Crippen LogP contribution >= 0.6 is 11.6 Å². The van der Waals surface area contributed by atoms with Crippen LogP contribution in [-0.2, 0) is 11.2 Å². The molecule has 0 unspecified atom stereocenters. The molecule has 0 fully saturated rings. The second kappa shape index (κ2) is 5.00. The molecule has 0 atom stereocenters. The van der Waals surface area contributed by atoms with Crippen LogP contribution in [0.25, 0.3) is 0 Å². The number of carbonyl (C=O) groups is 1. The molecule has 1 heterocycles. The molecule has 0 aliphatic carbocycles. The Morgan fingerprint density at radius 3 is 2.65 bits per heavy atom. The number of carboxylic acid groups (broad SMARTS) is 1. The topological polar surface area (TPSA) is 93.3 Å². The average Bonchev–Trinajstić information content (AvgIpc) is 2.15. The van der Waals surface area contributed by atoms with Gasteiger partial charge in [0.15, 0.2) is 0 Å². The lowest BCUT2D eigenvalue weighted by atomic mass is 10.1. The Morgan fingerprint density at radius 2 is 2.24 bits per heavy atom. The molecule has 0 amide bonds. The first-order valence-electron chi connectivity index (χ1n) is 4.16. The van der Waals surface area contributed by atoms with Gasteiger partial charge in [-0.1, -0.05) is 11.6 Å². The third kappa shape index (κ3) is 3.06. The fourth-order valence-electron chi connectivity index (χ4n) is 1.13. The smallest absolute Gasteiger partial charge is 0.309 e. The van der Waals surface area contributed by atoms with E-state index in [2.05, 4.69) is 4.98 Å². The quantitative estimate of drug-likeness (QED) is 0.512. The van der Waals surface area contributed by atoms with Crippen LogP contribution in [-0.4, -0.2) is 21.0 Å². The molecule has 0 saturated carbocycles. The highest BCUT2D eigenvalue weighted by molar-refractivity contribution is 6.31. The monoisotopic (exact) mass is 266 g/mol. The van der Waals surface area contributed by atoms with Crippen molar-refractivity contribution >= 4 is 23.3 Å². The van der Waals surface area contributed by atoms with Gasteiger partial charge < -0.3 is 5.11 Å². The second-order valence-corrected chi connectivity index (χ2v) is 3.32. The van der Waals surface area contributed by atoms with E-state index in [1.807, 2.05) is 0 Å². The minimum atomic E-state index is -3.06. The highest BCUT2D eigenvalue weighted by Gasteiger charge is 2.24. The maximum atomic E-state index is 12.6. The van der Waals surface area contributed by atoms with Crippen molar-refractivity contribution < 1.29 is 23.6 Å². The maximum absolute atomic E-state index is 12.6. The lowest BCUT2D eigenvalue weighted by molar-refractivity contribution is -0.385. The predicted molar refractivity (Wildman–Crippen MR) is 52.2 cm³/mol. The van der Waals surface area contributed by atoms with Crippen LogP contribution in [0.1, 0.15) is 17.7 Å². The highest BCUT2D eigenvalue weighted by atomic mass is 35.5. The van der Waals surface area contributed by atoms with E-state index in [9.17, 15) is 23.7 Å². The van der Waals surface area contributed by atoms with Gasteiger partial charge in [-0.2, -0.15) is 0 Å². The van der Waals surface area contributed by atoms with E-state index < -0.39 is 45.8 Å². The number of carboxylic acids is 1. The van der Waals surface area contributed by atoms with Crippen LogP contribution in [0.5, 0.6) is 0 Å². The van der Waals surface area contributed by atoms with Crippen molar-refractivity contribution in [3.05, 3.63) is 32.6 Å². The van der Waals surface area contributed by atoms with E-state index in [4.69, 9.17) is 16.7 Å². The first kappa shape index (κ1) is 13.2. The van der Waals surface area contributed by atoms with Crippen molar-refractivity contribution in [2.45, 2.75) is 12.8 Å². The van der Waals surface area contributed by atoms with Crippen molar-refractivity contribution in [1.29, 1.82) is 0 Å². The number of hydrogen-bond acceptors (Lipinski definition) is 4. The minimum absolute atomic E-state index is 0.483. The van der Waals surface area contributed by atoms with Gasteiger partial charge in [0, 0.05) is 11.6 Å².